The number of carbonyl (C=O) groups excluding carboxylic acids is 3. The van der Waals surface area contributed by atoms with Gasteiger partial charge < -0.3 is 15.0 Å². The highest BCUT2D eigenvalue weighted by atomic mass is 79.9. The number of imide groups is 1. The summed E-state index contributed by atoms with van der Waals surface area (Å²) in [5.41, 5.74) is 2.12. The van der Waals surface area contributed by atoms with E-state index in [2.05, 4.69) is 42.2 Å². The number of thioether (sulfide) groups is 1. The number of aromatic amines is 1. The number of thiazole rings is 1. The minimum Gasteiger partial charge on any atom is -0.483 e. The van der Waals surface area contributed by atoms with Crippen LogP contribution in [0.3, 0.4) is 0 Å². The van der Waals surface area contributed by atoms with E-state index in [4.69, 9.17) is 4.74 Å². The van der Waals surface area contributed by atoms with Crippen LogP contribution in [-0.2, 0) is 14.4 Å². The molecule has 3 fully saturated rings. The molecule has 2 bridgehead atoms. The second kappa shape index (κ2) is 12.0. The van der Waals surface area contributed by atoms with Crippen LogP contribution in [0, 0.1) is 29.6 Å². The first-order valence-electron chi connectivity index (χ1n) is 16.0. The molecule has 0 radical (unpaired) electrons. The summed E-state index contributed by atoms with van der Waals surface area (Å²) in [5.74, 6) is -1.17. The van der Waals surface area contributed by atoms with Crippen LogP contribution in [-0.4, -0.2) is 34.6 Å². The van der Waals surface area contributed by atoms with Gasteiger partial charge in [0.25, 0.3) is 5.91 Å². The van der Waals surface area contributed by atoms with Crippen molar-refractivity contribution >= 4 is 94.8 Å². The number of halogens is 2. The predicted molar refractivity (Wildman–Crippen MR) is 197 cm³/mol. The number of amides is 3. The molecule has 2 N–H and O–H groups in total. The van der Waals surface area contributed by atoms with E-state index in [1.165, 1.54) is 16.2 Å². The average molecular weight is 818 g/mol. The van der Waals surface area contributed by atoms with Gasteiger partial charge in [-0.2, -0.15) is 0 Å². The van der Waals surface area contributed by atoms with Crippen LogP contribution in [0.2, 0.25) is 0 Å². The number of benzene rings is 4. The van der Waals surface area contributed by atoms with Gasteiger partial charge in [-0.1, -0.05) is 73.5 Å². The Morgan fingerprint density at radius 2 is 1.61 bits per heavy atom. The summed E-state index contributed by atoms with van der Waals surface area (Å²) in [6, 6.07) is 26.8. The molecule has 0 spiro atoms. The zero-order chi connectivity index (χ0) is 33.6. The summed E-state index contributed by atoms with van der Waals surface area (Å²) < 4.78 is 7.98. The van der Waals surface area contributed by atoms with Gasteiger partial charge in [0.05, 0.1) is 22.5 Å². The maximum Gasteiger partial charge on any atom is 0.305 e. The van der Waals surface area contributed by atoms with E-state index in [0.717, 1.165) is 41.6 Å². The Balaban J connectivity index is 1.04. The van der Waals surface area contributed by atoms with Crippen LogP contribution >= 0.6 is 55.0 Å². The molecule has 1 saturated heterocycles. The van der Waals surface area contributed by atoms with Crippen LogP contribution in [0.15, 0.2) is 104 Å². The van der Waals surface area contributed by atoms with E-state index in [-0.39, 0.29) is 64.0 Å². The lowest BCUT2D eigenvalue weighted by molar-refractivity contribution is -0.123. The maximum atomic E-state index is 14.1. The van der Waals surface area contributed by atoms with Gasteiger partial charge >= 0.3 is 4.87 Å². The largest absolute Gasteiger partial charge is 0.483 e. The third kappa shape index (κ3) is 5.13. The molecule has 2 saturated carbocycles. The van der Waals surface area contributed by atoms with Crippen molar-refractivity contribution in [3.05, 3.63) is 114 Å². The van der Waals surface area contributed by atoms with Crippen LogP contribution in [0.5, 0.6) is 5.75 Å². The lowest BCUT2D eigenvalue weighted by Crippen LogP contribution is -2.42. The van der Waals surface area contributed by atoms with Crippen molar-refractivity contribution in [2.75, 3.05) is 16.8 Å². The Labute approximate surface area is 305 Å². The topological polar surface area (TPSA) is 109 Å². The number of ether oxygens (including phenoxy) is 1. The first kappa shape index (κ1) is 31.3. The molecule has 8 nitrogen and oxygen atoms in total. The second-order valence-electron chi connectivity index (χ2n) is 13.0. The molecule has 4 aromatic carbocycles. The minimum absolute atomic E-state index is 0.00907. The quantitative estimate of drug-likeness (QED) is 0.170. The molecule has 3 amide bonds. The highest BCUT2D eigenvalue weighted by Gasteiger charge is 2.69. The Kier molecular flexibility index (Phi) is 7.64. The molecule has 6 unspecified atom stereocenters. The maximum absolute atomic E-state index is 14.1. The van der Waals surface area contributed by atoms with Crippen LogP contribution in [0.4, 0.5) is 11.4 Å². The summed E-state index contributed by atoms with van der Waals surface area (Å²) >= 11 is 9.93. The van der Waals surface area contributed by atoms with Gasteiger partial charge in [0.2, 0.25) is 11.8 Å². The molecule has 9 rings (SSSR count). The van der Waals surface area contributed by atoms with Gasteiger partial charge in [-0.05, 0) is 89.5 Å². The number of H-pyrrole nitrogens is 1. The monoisotopic (exact) mass is 815 g/mol. The van der Waals surface area contributed by atoms with E-state index in [1.54, 1.807) is 23.9 Å². The number of hydrogen-bond donors (Lipinski definition) is 2. The zero-order valence-corrected chi connectivity index (χ0v) is 30.4. The molecule has 2 aliphatic heterocycles. The molecular weight excluding hydrogens is 790 g/mol. The predicted octanol–water partition coefficient (Wildman–Crippen LogP) is 7.81. The standard InChI is InChI=1S/C37H27Br2N3O5S2/c38-19-6-10-22(11-7-19)42-35(44)30-24-15-25(31(30)36(42)45)32-29(24)28(33-34(48-32)41-37(46)49-33)23-14-20(39)8-12-26(23)47-16-27(43)40-21-9-5-17-3-1-2-4-18(17)13-21/h1-14,24-25,28-32H,15-16H2,(H,40,43)(H,41,46)/t24?,25?,28-,29?,30?,31?,32?/m1/s1. The van der Waals surface area contributed by atoms with Crippen LogP contribution in [0.1, 0.15) is 22.8 Å². The van der Waals surface area contributed by atoms with Crippen molar-refractivity contribution in [3.8, 4) is 5.75 Å². The Morgan fingerprint density at radius 3 is 2.41 bits per heavy atom. The highest BCUT2D eigenvalue weighted by Crippen LogP contribution is 2.69. The van der Waals surface area contributed by atoms with Gasteiger partial charge in [-0.3, -0.25) is 24.1 Å². The van der Waals surface area contributed by atoms with Crippen LogP contribution < -0.4 is 19.8 Å². The normalized spacial score (nSPS) is 26.5. The molecule has 49 heavy (non-hydrogen) atoms. The number of fused-ring (bicyclic) bond motifs is 10. The number of nitrogens with zero attached hydrogens (tertiary/aromatic N) is 1. The molecular formula is C37H27Br2N3O5S2. The molecule has 5 aromatic rings. The van der Waals surface area contributed by atoms with Crippen LogP contribution in [0.25, 0.3) is 10.8 Å². The molecule has 12 heteroatoms. The third-order valence-electron chi connectivity index (χ3n) is 10.5. The zero-order valence-electron chi connectivity index (χ0n) is 25.6. The first-order chi connectivity index (χ1) is 23.7. The van der Waals surface area contributed by atoms with Gasteiger partial charge in [0, 0.05) is 36.2 Å². The molecule has 1 aromatic heterocycles. The van der Waals surface area contributed by atoms with E-state index in [9.17, 15) is 19.2 Å². The minimum atomic E-state index is -0.424. The number of carbonyl (C=O) groups is 3. The van der Waals surface area contributed by atoms with E-state index in [1.807, 2.05) is 72.8 Å². The van der Waals surface area contributed by atoms with Crippen molar-refractivity contribution in [1.29, 1.82) is 0 Å². The summed E-state index contributed by atoms with van der Waals surface area (Å²) in [6.45, 7) is -0.209. The molecule has 3 heterocycles. The van der Waals surface area contributed by atoms with Crippen molar-refractivity contribution in [3.63, 3.8) is 0 Å². The average Bonchev–Trinajstić information content (AvgIpc) is 3.83. The first-order valence-corrected chi connectivity index (χ1v) is 19.3. The smallest absolute Gasteiger partial charge is 0.305 e. The van der Waals surface area contributed by atoms with Crippen molar-refractivity contribution in [2.45, 2.75) is 22.6 Å². The molecule has 246 valence electrons. The van der Waals surface area contributed by atoms with Gasteiger partial charge in [-0.15, -0.1) is 11.8 Å². The Hall–Kier alpha value is -3.71. The fourth-order valence-corrected chi connectivity index (χ4v) is 12.2. The van der Waals surface area contributed by atoms with E-state index < -0.39 is 5.92 Å². The number of aromatic nitrogens is 1. The molecule has 4 aliphatic rings. The second-order valence-corrected chi connectivity index (χ2v) is 17.1. The Morgan fingerprint density at radius 1 is 0.878 bits per heavy atom. The molecule has 7 atom stereocenters. The summed E-state index contributed by atoms with van der Waals surface area (Å²) in [4.78, 5) is 59.2. The summed E-state index contributed by atoms with van der Waals surface area (Å²) in [6.07, 6.45) is 0.775. The van der Waals surface area contributed by atoms with Crippen molar-refractivity contribution < 1.29 is 19.1 Å². The number of anilines is 2. The number of rotatable bonds is 6. The SMILES string of the molecule is O=C(COc1ccc(Br)cc1[C@H]1c2sc(=O)[nH]c2SC2C3CC(C4C(=O)N(c5ccc(Br)cc5)C(=O)C34)C21)Nc1ccc2ccccc2c1. The third-order valence-corrected chi connectivity index (χ3v) is 14.1. The fraction of sp³-hybridized carbons (Fsp3) is 0.243. The lowest BCUT2D eigenvalue weighted by atomic mass is 9.68. The van der Waals surface area contributed by atoms with Gasteiger partial charge in [-0.25, -0.2) is 0 Å². The Bertz CT molecular complexity index is 2250. The lowest BCUT2D eigenvalue weighted by Gasteiger charge is -2.43. The van der Waals surface area contributed by atoms with Gasteiger partial charge in [0.15, 0.2) is 6.61 Å². The number of hydrogen-bond acceptors (Lipinski definition) is 7. The van der Waals surface area contributed by atoms with Crippen molar-refractivity contribution in [1.82, 2.24) is 4.98 Å². The van der Waals surface area contributed by atoms with E-state index in [0.29, 0.717) is 17.1 Å². The summed E-state index contributed by atoms with van der Waals surface area (Å²) in [7, 11) is 0. The highest BCUT2D eigenvalue weighted by molar-refractivity contribution is 9.10. The fourth-order valence-electron chi connectivity index (χ4n) is 8.71. The van der Waals surface area contributed by atoms with Gasteiger partial charge in [0.1, 0.15) is 5.75 Å². The van der Waals surface area contributed by atoms with Crippen molar-refractivity contribution in [2.24, 2.45) is 29.6 Å². The number of nitrogens with one attached hydrogen (secondary N) is 2. The molecule has 2 aliphatic carbocycles. The van der Waals surface area contributed by atoms with E-state index >= 15 is 0 Å². The summed E-state index contributed by atoms with van der Waals surface area (Å²) in [5, 5.41) is 5.90.